The van der Waals surface area contributed by atoms with Crippen molar-refractivity contribution in [2.75, 3.05) is 0 Å². The van der Waals surface area contributed by atoms with E-state index >= 15 is 0 Å². The second-order valence-electron chi connectivity index (χ2n) is 6.11. The third kappa shape index (κ3) is 14.2. The number of unbranched alkanes of at least 4 members (excludes halogenated alkanes) is 8. The van der Waals surface area contributed by atoms with E-state index in [2.05, 4.69) is 6.92 Å². The van der Waals surface area contributed by atoms with Crippen LogP contribution in [0, 0.1) is 5.92 Å². The summed E-state index contributed by atoms with van der Waals surface area (Å²) in [5.74, 6) is 0.162. The Morgan fingerprint density at radius 3 is 1.95 bits per heavy atom. The van der Waals surface area contributed by atoms with Crippen LogP contribution in [0.15, 0.2) is 0 Å². The number of ether oxygens (including phenoxy) is 1. The molecule has 0 heterocycles. The molecule has 0 saturated heterocycles. The minimum Gasteiger partial charge on any atom is -0.446 e. The van der Waals surface area contributed by atoms with Crippen LogP contribution in [0.4, 0.5) is 0 Å². The van der Waals surface area contributed by atoms with Gasteiger partial charge in [-0.05, 0) is 18.8 Å². The molecule has 0 aromatic rings. The summed E-state index contributed by atoms with van der Waals surface area (Å²) < 4.78 is 5.16. The van der Waals surface area contributed by atoms with Gasteiger partial charge in [0, 0.05) is 6.42 Å². The minimum absolute atomic E-state index is 0.170. The molecule has 3 heteroatoms. The van der Waals surface area contributed by atoms with Crippen molar-refractivity contribution < 1.29 is 9.53 Å². The molecule has 0 aliphatic carbocycles. The van der Waals surface area contributed by atoms with Gasteiger partial charge in [-0.15, -0.1) is 0 Å². The third-order valence-corrected chi connectivity index (χ3v) is 3.68. The molecule has 0 bridgehead atoms. The van der Waals surface area contributed by atoms with E-state index < -0.39 is 5.56 Å². The van der Waals surface area contributed by atoms with Gasteiger partial charge in [0.15, 0.2) is 5.56 Å². The largest absolute Gasteiger partial charge is 0.446 e. The van der Waals surface area contributed by atoms with Gasteiger partial charge in [-0.2, -0.15) is 0 Å². The molecule has 0 saturated carbocycles. The van der Waals surface area contributed by atoms with Crippen LogP contribution < -0.4 is 0 Å². The molecule has 0 fully saturated rings. The molecular weight excluding hydrogens is 272 g/mol. The summed E-state index contributed by atoms with van der Waals surface area (Å²) in [4.78, 5) is 11.4. The Hall–Kier alpha value is -0.240. The van der Waals surface area contributed by atoms with Gasteiger partial charge < -0.3 is 4.74 Å². The summed E-state index contributed by atoms with van der Waals surface area (Å²) >= 11 is 6.01. The lowest BCUT2D eigenvalue weighted by atomic mass is 10.1. The maximum atomic E-state index is 11.4. The quantitative estimate of drug-likeness (QED) is 0.235. The molecule has 0 spiro atoms. The predicted molar refractivity (Wildman–Crippen MR) is 87.0 cm³/mol. The van der Waals surface area contributed by atoms with Gasteiger partial charge in [0.25, 0.3) is 0 Å². The van der Waals surface area contributed by atoms with Crippen molar-refractivity contribution in [1.82, 2.24) is 0 Å². The maximum absolute atomic E-state index is 11.4. The fourth-order valence-electron chi connectivity index (χ4n) is 2.20. The number of rotatable bonds is 13. The molecule has 0 aromatic heterocycles. The van der Waals surface area contributed by atoms with Crippen molar-refractivity contribution in [3.63, 3.8) is 0 Å². The number of alkyl halides is 1. The summed E-state index contributed by atoms with van der Waals surface area (Å²) in [6.07, 6.45) is 12.9. The predicted octanol–water partition coefficient (Wildman–Crippen LogP) is 6.06. The highest BCUT2D eigenvalue weighted by Gasteiger charge is 2.12. The third-order valence-electron chi connectivity index (χ3n) is 3.37. The Labute approximate surface area is 130 Å². The molecule has 120 valence electrons. The van der Waals surface area contributed by atoms with Crippen molar-refractivity contribution in [2.45, 2.75) is 97.0 Å². The first-order valence-electron chi connectivity index (χ1n) is 8.39. The van der Waals surface area contributed by atoms with Gasteiger partial charge in [-0.25, -0.2) is 0 Å². The number of hydrogen-bond acceptors (Lipinski definition) is 2. The summed E-state index contributed by atoms with van der Waals surface area (Å²) in [6, 6.07) is 0. The molecule has 20 heavy (non-hydrogen) atoms. The molecule has 1 atom stereocenters. The molecule has 1 unspecified atom stereocenters. The monoisotopic (exact) mass is 304 g/mol. The Balaban J connectivity index is 3.31. The first-order chi connectivity index (χ1) is 9.56. The van der Waals surface area contributed by atoms with E-state index in [-0.39, 0.29) is 5.97 Å². The van der Waals surface area contributed by atoms with Gasteiger partial charge in [-0.3, -0.25) is 4.79 Å². The summed E-state index contributed by atoms with van der Waals surface area (Å²) in [7, 11) is 0. The fourth-order valence-corrected chi connectivity index (χ4v) is 2.45. The molecule has 0 aromatic carbocycles. The number of hydrogen-bond donors (Lipinski definition) is 0. The van der Waals surface area contributed by atoms with E-state index in [4.69, 9.17) is 16.3 Å². The Morgan fingerprint density at radius 1 is 0.950 bits per heavy atom. The van der Waals surface area contributed by atoms with Crippen molar-refractivity contribution in [3.05, 3.63) is 0 Å². The summed E-state index contributed by atoms with van der Waals surface area (Å²) in [5.41, 5.74) is -0.439. The van der Waals surface area contributed by atoms with E-state index in [9.17, 15) is 4.79 Å². The van der Waals surface area contributed by atoms with Crippen LogP contribution in [-0.4, -0.2) is 11.5 Å². The van der Waals surface area contributed by atoms with Gasteiger partial charge in [-0.1, -0.05) is 83.7 Å². The zero-order chi connectivity index (χ0) is 15.2. The lowest BCUT2D eigenvalue weighted by Crippen LogP contribution is -2.14. The van der Waals surface area contributed by atoms with Crippen molar-refractivity contribution in [2.24, 2.45) is 5.92 Å². The van der Waals surface area contributed by atoms with Crippen LogP contribution in [0.25, 0.3) is 0 Å². The zero-order valence-electron chi connectivity index (χ0n) is 13.6. The van der Waals surface area contributed by atoms with E-state index in [1.54, 1.807) is 0 Å². The van der Waals surface area contributed by atoms with Crippen LogP contribution in [-0.2, 0) is 9.53 Å². The Bertz CT molecular complexity index is 229. The van der Waals surface area contributed by atoms with Crippen LogP contribution >= 0.6 is 11.6 Å². The molecular formula is C17H33ClO2. The van der Waals surface area contributed by atoms with Gasteiger partial charge in [0.2, 0.25) is 0 Å². The van der Waals surface area contributed by atoms with E-state index in [1.807, 2.05) is 13.8 Å². The average molecular weight is 305 g/mol. The molecule has 0 aliphatic heterocycles. The highest BCUT2D eigenvalue weighted by atomic mass is 35.5. The fraction of sp³-hybridized carbons (Fsp3) is 0.941. The molecule has 2 nitrogen and oxygen atoms in total. The number of carbonyl (C=O) groups is 1. The SMILES string of the molecule is CCCCCCCCCCCC(Cl)OC(=O)CC(C)C. The van der Waals surface area contributed by atoms with Gasteiger partial charge in [0.05, 0.1) is 0 Å². The standard InChI is InChI=1S/C17H33ClO2/c1-4-5-6-7-8-9-10-11-12-13-16(18)20-17(19)14-15(2)3/h15-16H,4-14H2,1-3H3. The van der Waals surface area contributed by atoms with Crippen LogP contribution in [0.3, 0.4) is 0 Å². The average Bonchev–Trinajstić information content (AvgIpc) is 2.35. The second-order valence-corrected chi connectivity index (χ2v) is 6.60. The van der Waals surface area contributed by atoms with E-state index in [1.165, 1.54) is 51.4 Å². The number of esters is 1. The number of halogens is 1. The van der Waals surface area contributed by atoms with Crippen molar-refractivity contribution in [3.8, 4) is 0 Å². The van der Waals surface area contributed by atoms with E-state index in [0.717, 1.165) is 12.8 Å². The molecule has 0 aliphatic rings. The highest BCUT2D eigenvalue weighted by molar-refractivity contribution is 6.20. The zero-order valence-corrected chi connectivity index (χ0v) is 14.4. The molecule has 0 amide bonds. The van der Waals surface area contributed by atoms with Crippen LogP contribution in [0.1, 0.15) is 91.4 Å². The second kappa shape index (κ2) is 13.7. The summed E-state index contributed by atoms with van der Waals surface area (Å²) in [6.45, 7) is 6.26. The van der Waals surface area contributed by atoms with E-state index in [0.29, 0.717) is 12.3 Å². The lowest BCUT2D eigenvalue weighted by Gasteiger charge is -2.12. The topological polar surface area (TPSA) is 26.3 Å². The van der Waals surface area contributed by atoms with Crippen molar-refractivity contribution >= 4 is 17.6 Å². The Morgan fingerprint density at radius 2 is 1.45 bits per heavy atom. The molecule has 0 radical (unpaired) electrons. The summed E-state index contributed by atoms with van der Waals surface area (Å²) in [5, 5.41) is 0. The van der Waals surface area contributed by atoms with Crippen LogP contribution in [0.5, 0.6) is 0 Å². The first-order valence-corrected chi connectivity index (χ1v) is 8.83. The number of carbonyl (C=O) groups excluding carboxylic acids is 1. The van der Waals surface area contributed by atoms with Crippen LogP contribution in [0.2, 0.25) is 0 Å². The molecule has 0 N–H and O–H groups in total. The maximum Gasteiger partial charge on any atom is 0.307 e. The highest BCUT2D eigenvalue weighted by Crippen LogP contribution is 2.15. The molecule has 0 rings (SSSR count). The van der Waals surface area contributed by atoms with Gasteiger partial charge >= 0.3 is 5.97 Å². The lowest BCUT2D eigenvalue weighted by molar-refractivity contribution is -0.146. The Kier molecular flexibility index (Phi) is 13.6. The van der Waals surface area contributed by atoms with Gasteiger partial charge in [0.1, 0.15) is 0 Å². The van der Waals surface area contributed by atoms with Crippen molar-refractivity contribution in [1.29, 1.82) is 0 Å². The normalized spacial score (nSPS) is 12.7. The first kappa shape index (κ1) is 19.8. The minimum atomic E-state index is -0.439. The smallest absolute Gasteiger partial charge is 0.307 e.